The first kappa shape index (κ1) is 15.3. The van der Waals surface area contributed by atoms with Crippen molar-refractivity contribution in [2.45, 2.75) is 32.8 Å². The fourth-order valence-corrected chi connectivity index (χ4v) is 2.87. The van der Waals surface area contributed by atoms with E-state index in [1.54, 1.807) is 21.0 Å². The first-order valence-electron chi connectivity index (χ1n) is 7.25. The fourth-order valence-electron chi connectivity index (χ4n) is 2.87. The van der Waals surface area contributed by atoms with Crippen molar-refractivity contribution in [3.63, 3.8) is 0 Å². The molecule has 112 valence electrons. The summed E-state index contributed by atoms with van der Waals surface area (Å²) in [6, 6.07) is 3.32. The molecular formula is C16H24FNO2. The Morgan fingerprint density at radius 2 is 2.05 bits per heavy atom. The quantitative estimate of drug-likeness (QED) is 0.920. The second kappa shape index (κ2) is 6.55. The summed E-state index contributed by atoms with van der Waals surface area (Å²) in [7, 11) is 1.74. The summed E-state index contributed by atoms with van der Waals surface area (Å²) in [6.07, 6.45) is 1.49. The molecule has 20 heavy (non-hydrogen) atoms. The number of nitrogens with zero attached hydrogens (tertiary/aromatic N) is 1. The van der Waals surface area contributed by atoms with Crippen molar-refractivity contribution in [2.24, 2.45) is 5.92 Å². The van der Waals surface area contributed by atoms with E-state index in [1.165, 1.54) is 6.07 Å². The lowest BCUT2D eigenvalue weighted by Gasteiger charge is -2.35. The minimum Gasteiger partial charge on any atom is -0.389 e. The van der Waals surface area contributed by atoms with Crippen molar-refractivity contribution in [3.8, 4) is 0 Å². The van der Waals surface area contributed by atoms with Gasteiger partial charge in [-0.25, -0.2) is 4.39 Å². The van der Waals surface area contributed by atoms with Gasteiger partial charge in [-0.2, -0.15) is 0 Å². The van der Waals surface area contributed by atoms with Crippen LogP contribution in [0.3, 0.4) is 0 Å². The zero-order chi connectivity index (χ0) is 14.7. The molecule has 0 bridgehead atoms. The summed E-state index contributed by atoms with van der Waals surface area (Å²) >= 11 is 0. The zero-order valence-electron chi connectivity index (χ0n) is 12.5. The Bertz CT molecular complexity index is 454. The standard InChI is InChI=1S/C16H24FNO2/c1-11-8-16(14(12(2)19)9-15(11)17)18-6-4-13(5-7-18)10-20-3/h8-9,12-13,19H,4-7,10H2,1-3H3. The number of methoxy groups -OCH3 is 1. The molecule has 0 spiro atoms. The fraction of sp³-hybridized carbons (Fsp3) is 0.625. The second-order valence-corrected chi connectivity index (χ2v) is 5.72. The van der Waals surface area contributed by atoms with E-state index in [-0.39, 0.29) is 5.82 Å². The van der Waals surface area contributed by atoms with E-state index in [9.17, 15) is 9.50 Å². The van der Waals surface area contributed by atoms with E-state index in [4.69, 9.17) is 4.74 Å². The molecule has 4 heteroatoms. The molecule has 2 rings (SSSR count). The van der Waals surface area contributed by atoms with Gasteiger partial charge in [0.2, 0.25) is 0 Å². The Kier molecular flexibility index (Phi) is 5.00. The predicted octanol–water partition coefficient (Wildman–Crippen LogP) is 3.05. The Hall–Kier alpha value is -1.13. The van der Waals surface area contributed by atoms with Gasteiger partial charge in [-0.15, -0.1) is 0 Å². The first-order valence-corrected chi connectivity index (χ1v) is 7.25. The maximum Gasteiger partial charge on any atom is 0.126 e. The van der Waals surface area contributed by atoms with Crippen LogP contribution in [-0.4, -0.2) is 31.9 Å². The van der Waals surface area contributed by atoms with Crippen LogP contribution < -0.4 is 4.90 Å². The molecule has 3 nitrogen and oxygen atoms in total. The SMILES string of the molecule is COCC1CCN(c2cc(C)c(F)cc2C(C)O)CC1. The van der Waals surface area contributed by atoms with Crippen molar-refractivity contribution in [1.29, 1.82) is 0 Å². The molecule has 0 aromatic heterocycles. The van der Waals surface area contributed by atoms with Crippen molar-refractivity contribution >= 4 is 5.69 Å². The Morgan fingerprint density at radius 1 is 1.40 bits per heavy atom. The molecule has 1 aliphatic rings. The number of anilines is 1. The number of hydrogen-bond donors (Lipinski definition) is 1. The van der Waals surface area contributed by atoms with E-state index in [1.807, 2.05) is 6.07 Å². The van der Waals surface area contributed by atoms with E-state index in [2.05, 4.69) is 4.90 Å². The molecule has 1 aliphatic heterocycles. The molecule has 0 saturated carbocycles. The maximum absolute atomic E-state index is 13.7. The minimum absolute atomic E-state index is 0.251. The topological polar surface area (TPSA) is 32.7 Å². The van der Waals surface area contributed by atoms with Gasteiger partial charge >= 0.3 is 0 Å². The van der Waals surface area contributed by atoms with Crippen molar-refractivity contribution in [2.75, 3.05) is 31.7 Å². The third-order valence-corrected chi connectivity index (χ3v) is 4.12. The van der Waals surface area contributed by atoms with Gasteiger partial charge in [-0.1, -0.05) is 0 Å². The average molecular weight is 281 g/mol. The number of benzene rings is 1. The lowest BCUT2D eigenvalue weighted by molar-refractivity contribution is 0.139. The lowest BCUT2D eigenvalue weighted by Crippen LogP contribution is -2.35. The molecule has 1 saturated heterocycles. The molecule has 0 aliphatic carbocycles. The molecule has 0 amide bonds. The van der Waals surface area contributed by atoms with Crippen molar-refractivity contribution < 1.29 is 14.2 Å². The molecule has 0 radical (unpaired) electrons. The third-order valence-electron chi connectivity index (χ3n) is 4.12. The van der Waals surface area contributed by atoms with Crippen LogP contribution in [0.1, 0.15) is 37.0 Å². The molecule has 1 unspecified atom stereocenters. The number of aliphatic hydroxyl groups is 1. The number of hydrogen-bond acceptors (Lipinski definition) is 3. The monoisotopic (exact) mass is 281 g/mol. The highest BCUT2D eigenvalue weighted by atomic mass is 19.1. The number of ether oxygens (including phenoxy) is 1. The van der Waals surface area contributed by atoms with Crippen LogP contribution in [-0.2, 0) is 4.74 Å². The number of piperidine rings is 1. The van der Waals surface area contributed by atoms with Gasteiger partial charge in [0.15, 0.2) is 0 Å². The summed E-state index contributed by atoms with van der Waals surface area (Å²) in [6.45, 7) is 6.12. The van der Waals surface area contributed by atoms with E-state index >= 15 is 0 Å². The predicted molar refractivity (Wildman–Crippen MR) is 78.6 cm³/mol. The van der Waals surface area contributed by atoms with Crippen LogP contribution in [0.25, 0.3) is 0 Å². The summed E-state index contributed by atoms with van der Waals surface area (Å²) in [4.78, 5) is 2.25. The van der Waals surface area contributed by atoms with E-state index in [0.717, 1.165) is 38.2 Å². The van der Waals surface area contributed by atoms with Crippen LogP contribution in [0.4, 0.5) is 10.1 Å². The van der Waals surface area contributed by atoms with Crippen LogP contribution in [0.2, 0.25) is 0 Å². The van der Waals surface area contributed by atoms with Gasteiger partial charge in [0.1, 0.15) is 5.82 Å². The lowest BCUT2D eigenvalue weighted by atomic mass is 9.95. The van der Waals surface area contributed by atoms with Crippen molar-refractivity contribution in [3.05, 3.63) is 29.1 Å². The molecule has 1 fully saturated rings. The highest BCUT2D eigenvalue weighted by Crippen LogP contribution is 2.32. The molecule has 1 heterocycles. The normalized spacial score (nSPS) is 18.4. The minimum atomic E-state index is -0.656. The molecule has 1 N–H and O–H groups in total. The molecular weight excluding hydrogens is 257 g/mol. The number of halogens is 1. The highest BCUT2D eigenvalue weighted by molar-refractivity contribution is 5.57. The Balaban J connectivity index is 2.18. The summed E-state index contributed by atoms with van der Waals surface area (Å²) in [5.74, 6) is 0.353. The van der Waals surface area contributed by atoms with Gasteiger partial charge in [0, 0.05) is 38.1 Å². The first-order chi connectivity index (χ1) is 9.52. The van der Waals surface area contributed by atoms with Gasteiger partial charge in [0.05, 0.1) is 6.10 Å². The Labute approximate surface area is 120 Å². The highest BCUT2D eigenvalue weighted by Gasteiger charge is 2.23. The van der Waals surface area contributed by atoms with Crippen LogP contribution in [0, 0.1) is 18.7 Å². The third kappa shape index (κ3) is 3.30. The summed E-state index contributed by atoms with van der Waals surface area (Å²) in [5, 5.41) is 9.87. The maximum atomic E-state index is 13.7. The second-order valence-electron chi connectivity index (χ2n) is 5.72. The molecule has 1 atom stereocenters. The number of aryl methyl sites for hydroxylation is 1. The van der Waals surface area contributed by atoms with Gasteiger partial charge < -0.3 is 14.7 Å². The smallest absolute Gasteiger partial charge is 0.126 e. The van der Waals surface area contributed by atoms with Gasteiger partial charge in [0.25, 0.3) is 0 Å². The average Bonchev–Trinajstić information content (AvgIpc) is 2.42. The summed E-state index contributed by atoms with van der Waals surface area (Å²) < 4.78 is 18.9. The Morgan fingerprint density at radius 3 is 2.60 bits per heavy atom. The van der Waals surface area contributed by atoms with Crippen LogP contribution in [0.15, 0.2) is 12.1 Å². The van der Waals surface area contributed by atoms with Crippen molar-refractivity contribution in [1.82, 2.24) is 0 Å². The largest absolute Gasteiger partial charge is 0.389 e. The number of aliphatic hydroxyl groups excluding tert-OH is 1. The molecule has 1 aromatic carbocycles. The zero-order valence-corrected chi connectivity index (χ0v) is 12.5. The van der Waals surface area contributed by atoms with Crippen LogP contribution >= 0.6 is 0 Å². The van der Waals surface area contributed by atoms with E-state index in [0.29, 0.717) is 17.0 Å². The summed E-state index contributed by atoms with van der Waals surface area (Å²) in [5.41, 5.74) is 2.27. The van der Waals surface area contributed by atoms with Crippen LogP contribution in [0.5, 0.6) is 0 Å². The van der Waals surface area contributed by atoms with Gasteiger partial charge in [-0.3, -0.25) is 0 Å². The molecule has 1 aromatic rings. The van der Waals surface area contributed by atoms with Gasteiger partial charge in [-0.05, 0) is 50.3 Å². The number of rotatable bonds is 4. The van der Waals surface area contributed by atoms with E-state index < -0.39 is 6.10 Å².